The summed E-state index contributed by atoms with van der Waals surface area (Å²) in [6.45, 7) is 2.00. The summed E-state index contributed by atoms with van der Waals surface area (Å²) >= 11 is 0. The maximum absolute atomic E-state index is 11.4. The molecule has 0 aromatic carbocycles. The first-order valence-electron chi connectivity index (χ1n) is 6.18. The Kier molecular flexibility index (Phi) is 2.90. The van der Waals surface area contributed by atoms with E-state index in [2.05, 4.69) is 35.7 Å². The van der Waals surface area contributed by atoms with Gasteiger partial charge in [-0.2, -0.15) is 15.1 Å². The number of aromatic nitrogens is 4. The number of carbonyl (C=O) groups is 1. The monoisotopic (exact) mass is 261 g/mol. The molecule has 1 aliphatic heterocycles. The molecule has 0 spiro atoms. The van der Waals surface area contributed by atoms with Gasteiger partial charge in [-0.05, 0) is 0 Å². The molecule has 3 N–H and O–H groups in total. The van der Waals surface area contributed by atoms with Crippen LogP contribution in [0.1, 0.15) is 6.42 Å². The maximum atomic E-state index is 11.4. The van der Waals surface area contributed by atoms with Crippen molar-refractivity contribution in [2.45, 2.75) is 6.42 Å². The molecule has 1 saturated heterocycles. The van der Waals surface area contributed by atoms with Crippen LogP contribution in [0.3, 0.4) is 0 Å². The predicted molar refractivity (Wildman–Crippen MR) is 71.1 cm³/mol. The number of anilines is 2. The molecule has 1 fully saturated rings. The lowest BCUT2D eigenvalue weighted by molar-refractivity contribution is -0.120. The third kappa shape index (κ3) is 2.16. The van der Waals surface area contributed by atoms with Gasteiger partial charge in [0.1, 0.15) is 5.82 Å². The number of amides is 1. The summed E-state index contributed by atoms with van der Waals surface area (Å²) in [7, 11) is 1.77. The molecule has 1 aliphatic rings. The summed E-state index contributed by atoms with van der Waals surface area (Å²) < 4.78 is 0. The Balaban J connectivity index is 2.02. The number of aromatic amines is 1. The van der Waals surface area contributed by atoms with Crippen molar-refractivity contribution >= 4 is 28.7 Å². The normalized spacial score (nSPS) is 16.3. The molecule has 8 heteroatoms. The molecule has 2 aromatic heterocycles. The van der Waals surface area contributed by atoms with E-state index < -0.39 is 0 Å². The van der Waals surface area contributed by atoms with Gasteiger partial charge in [-0.15, -0.1) is 0 Å². The standard InChI is InChI=1S/C11H15N7O/c1-12-11-15-9-7(6-14-17-9)10(16-11)18-4-2-8(19)13-3-5-18/h6H,2-5H2,1H3,(H,13,19)(H2,12,14,15,16,17). The Bertz CT molecular complexity index is 608. The van der Waals surface area contributed by atoms with Crippen LogP contribution < -0.4 is 15.5 Å². The van der Waals surface area contributed by atoms with Gasteiger partial charge in [0.15, 0.2) is 5.65 Å². The SMILES string of the molecule is CNc1nc(N2CCNC(=O)CC2)c2cn[nH]c2n1. The first-order chi connectivity index (χ1) is 9.28. The van der Waals surface area contributed by atoms with Gasteiger partial charge < -0.3 is 15.5 Å². The number of nitrogens with one attached hydrogen (secondary N) is 3. The van der Waals surface area contributed by atoms with Gasteiger partial charge in [0.05, 0.1) is 11.6 Å². The van der Waals surface area contributed by atoms with E-state index in [1.807, 2.05) is 0 Å². The molecule has 8 nitrogen and oxygen atoms in total. The molecular weight excluding hydrogens is 246 g/mol. The summed E-state index contributed by atoms with van der Waals surface area (Å²) in [5.41, 5.74) is 0.692. The number of carbonyl (C=O) groups excluding carboxylic acids is 1. The quantitative estimate of drug-likeness (QED) is 0.687. The van der Waals surface area contributed by atoms with Crippen molar-refractivity contribution in [1.82, 2.24) is 25.5 Å². The molecule has 0 saturated carbocycles. The number of nitrogens with zero attached hydrogens (tertiary/aromatic N) is 4. The summed E-state index contributed by atoms with van der Waals surface area (Å²) in [5, 5.41) is 13.5. The van der Waals surface area contributed by atoms with E-state index in [9.17, 15) is 4.79 Å². The fraction of sp³-hybridized carbons (Fsp3) is 0.455. The van der Waals surface area contributed by atoms with Gasteiger partial charge in [0, 0.05) is 33.1 Å². The van der Waals surface area contributed by atoms with Gasteiger partial charge >= 0.3 is 0 Å². The van der Waals surface area contributed by atoms with Gasteiger partial charge in [0.25, 0.3) is 0 Å². The summed E-state index contributed by atoms with van der Waals surface area (Å²) in [5.74, 6) is 1.42. The number of fused-ring (bicyclic) bond motifs is 1. The topological polar surface area (TPSA) is 98.8 Å². The number of hydrogen-bond donors (Lipinski definition) is 3. The lowest BCUT2D eigenvalue weighted by Gasteiger charge is -2.21. The minimum Gasteiger partial charge on any atom is -0.357 e. The molecule has 3 heterocycles. The number of hydrogen-bond acceptors (Lipinski definition) is 6. The largest absolute Gasteiger partial charge is 0.357 e. The molecule has 1 amide bonds. The van der Waals surface area contributed by atoms with Gasteiger partial charge in [-0.25, -0.2) is 0 Å². The van der Waals surface area contributed by atoms with Crippen LogP contribution in [-0.4, -0.2) is 52.8 Å². The molecule has 0 unspecified atom stereocenters. The fourth-order valence-electron chi connectivity index (χ4n) is 2.15. The first kappa shape index (κ1) is 11.7. The smallest absolute Gasteiger partial charge is 0.226 e. The molecule has 3 rings (SSSR count). The zero-order chi connectivity index (χ0) is 13.2. The van der Waals surface area contributed by atoms with Crippen molar-refractivity contribution < 1.29 is 4.79 Å². The van der Waals surface area contributed by atoms with Crippen LogP contribution in [0, 0.1) is 0 Å². The van der Waals surface area contributed by atoms with Gasteiger partial charge in [0.2, 0.25) is 11.9 Å². The van der Waals surface area contributed by atoms with Gasteiger partial charge in [-0.1, -0.05) is 0 Å². The van der Waals surface area contributed by atoms with Crippen molar-refractivity contribution in [3.8, 4) is 0 Å². The fourth-order valence-corrected chi connectivity index (χ4v) is 2.15. The van der Waals surface area contributed by atoms with Crippen molar-refractivity contribution in [1.29, 1.82) is 0 Å². The van der Waals surface area contributed by atoms with E-state index in [1.165, 1.54) is 0 Å². The Labute approximate surface area is 109 Å². The van der Waals surface area contributed by atoms with Crippen LogP contribution in [0.2, 0.25) is 0 Å². The molecule has 100 valence electrons. The van der Waals surface area contributed by atoms with E-state index in [1.54, 1.807) is 13.2 Å². The minimum atomic E-state index is 0.0776. The highest BCUT2D eigenvalue weighted by Crippen LogP contribution is 2.24. The van der Waals surface area contributed by atoms with Crippen molar-refractivity contribution in [2.24, 2.45) is 0 Å². The van der Waals surface area contributed by atoms with Crippen LogP contribution in [-0.2, 0) is 4.79 Å². The second kappa shape index (κ2) is 4.71. The summed E-state index contributed by atoms with van der Waals surface area (Å²) in [6, 6.07) is 0. The zero-order valence-electron chi connectivity index (χ0n) is 10.6. The Hall–Kier alpha value is -2.38. The Morgan fingerprint density at radius 2 is 2.26 bits per heavy atom. The average molecular weight is 261 g/mol. The maximum Gasteiger partial charge on any atom is 0.226 e. The molecular formula is C11H15N7O. The number of H-pyrrole nitrogens is 1. The molecule has 0 aliphatic carbocycles. The third-order valence-electron chi connectivity index (χ3n) is 3.13. The minimum absolute atomic E-state index is 0.0776. The summed E-state index contributed by atoms with van der Waals surface area (Å²) in [6.07, 6.45) is 2.18. The summed E-state index contributed by atoms with van der Waals surface area (Å²) in [4.78, 5) is 22.3. The van der Waals surface area contributed by atoms with Crippen molar-refractivity contribution in [3.05, 3.63) is 6.20 Å². The van der Waals surface area contributed by atoms with E-state index in [-0.39, 0.29) is 5.91 Å². The predicted octanol–water partition coefficient (Wildman–Crippen LogP) is -0.279. The lowest BCUT2D eigenvalue weighted by Crippen LogP contribution is -2.29. The molecule has 0 bridgehead atoms. The molecule has 19 heavy (non-hydrogen) atoms. The van der Waals surface area contributed by atoms with Crippen LogP contribution >= 0.6 is 0 Å². The van der Waals surface area contributed by atoms with E-state index >= 15 is 0 Å². The molecule has 0 radical (unpaired) electrons. The lowest BCUT2D eigenvalue weighted by atomic mass is 10.3. The van der Waals surface area contributed by atoms with Crippen LogP contribution in [0.4, 0.5) is 11.8 Å². The molecule has 2 aromatic rings. The first-order valence-corrected chi connectivity index (χ1v) is 6.18. The highest BCUT2D eigenvalue weighted by Gasteiger charge is 2.19. The van der Waals surface area contributed by atoms with E-state index in [0.717, 1.165) is 17.7 Å². The number of rotatable bonds is 2. The third-order valence-corrected chi connectivity index (χ3v) is 3.13. The average Bonchev–Trinajstić information content (AvgIpc) is 2.79. The van der Waals surface area contributed by atoms with Crippen molar-refractivity contribution in [3.63, 3.8) is 0 Å². The second-order valence-corrected chi connectivity index (χ2v) is 4.34. The van der Waals surface area contributed by atoms with E-state index in [4.69, 9.17) is 0 Å². The van der Waals surface area contributed by atoms with Gasteiger partial charge in [-0.3, -0.25) is 9.89 Å². The van der Waals surface area contributed by atoms with Crippen molar-refractivity contribution in [2.75, 3.05) is 36.9 Å². The highest BCUT2D eigenvalue weighted by molar-refractivity contribution is 5.88. The Morgan fingerprint density at radius 3 is 3.11 bits per heavy atom. The van der Waals surface area contributed by atoms with Crippen LogP contribution in [0.5, 0.6) is 0 Å². The second-order valence-electron chi connectivity index (χ2n) is 4.34. The van der Waals surface area contributed by atoms with Crippen LogP contribution in [0.15, 0.2) is 6.20 Å². The molecule has 0 atom stereocenters. The van der Waals surface area contributed by atoms with Crippen LogP contribution in [0.25, 0.3) is 11.0 Å². The van der Waals surface area contributed by atoms with E-state index in [0.29, 0.717) is 31.1 Å². The Morgan fingerprint density at radius 1 is 1.37 bits per heavy atom. The highest BCUT2D eigenvalue weighted by atomic mass is 16.1. The zero-order valence-corrected chi connectivity index (χ0v) is 10.6.